The Bertz CT molecular complexity index is 1080. The number of aromatic amines is 1. The van der Waals surface area contributed by atoms with Crippen molar-refractivity contribution in [1.29, 1.82) is 0 Å². The van der Waals surface area contributed by atoms with E-state index >= 15 is 0 Å². The summed E-state index contributed by atoms with van der Waals surface area (Å²) in [4.78, 5) is 29.7. The van der Waals surface area contributed by atoms with E-state index in [-0.39, 0.29) is 25.9 Å². The summed E-state index contributed by atoms with van der Waals surface area (Å²) in [6, 6.07) is 10.4. The highest BCUT2D eigenvalue weighted by atomic mass is 19.1. The van der Waals surface area contributed by atoms with Crippen molar-refractivity contribution >= 4 is 28.4 Å². The molecule has 0 saturated carbocycles. The van der Waals surface area contributed by atoms with Crippen molar-refractivity contribution in [3.05, 3.63) is 65.9 Å². The summed E-state index contributed by atoms with van der Waals surface area (Å²) in [6.45, 7) is 0.237. The van der Waals surface area contributed by atoms with Gasteiger partial charge in [0.1, 0.15) is 11.6 Å². The number of nitrogens with zero attached hydrogens (tertiary/aromatic N) is 1. The number of aromatic nitrogens is 1. The van der Waals surface area contributed by atoms with Crippen molar-refractivity contribution in [2.75, 3.05) is 18.0 Å². The van der Waals surface area contributed by atoms with Gasteiger partial charge >= 0.3 is 0 Å². The van der Waals surface area contributed by atoms with Crippen LogP contribution in [0.2, 0.25) is 0 Å². The van der Waals surface area contributed by atoms with Crippen molar-refractivity contribution in [3.8, 4) is 0 Å². The van der Waals surface area contributed by atoms with Crippen LogP contribution in [0, 0.1) is 11.6 Å². The molecule has 0 radical (unpaired) electrons. The van der Waals surface area contributed by atoms with Crippen LogP contribution in [0.15, 0.2) is 48.7 Å². The molecule has 0 bridgehead atoms. The second kappa shape index (κ2) is 7.29. The zero-order valence-electron chi connectivity index (χ0n) is 15.4. The number of halogens is 2. The van der Waals surface area contributed by atoms with E-state index in [1.807, 2.05) is 18.2 Å². The van der Waals surface area contributed by atoms with Gasteiger partial charge in [0.2, 0.25) is 5.60 Å². The first-order valence-corrected chi connectivity index (χ1v) is 9.21. The largest absolute Gasteiger partial charge is 0.372 e. The van der Waals surface area contributed by atoms with Gasteiger partial charge in [-0.05, 0) is 48.4 Å². The van der Waals surface area contributed by atoms with Crippen LogP contribution in [0.5, 0.6) is 0 Å². The molecule has 6 nitrogen and oxygen atoms in total. The maximum atomic E-state index is 13.2. The molecular formula is C21H19F2N3O3. The van der Waals surface area contributed by atoms with Gasteiger partial charge in [-0.2, -0.15) is 0 Å². The molecule has 0 aliphatic carbocycles. The van der Waals surface area contributed by atoms with Crippen LogP contribution in [0.1, 0.15) is 12.0 Å². The van der Waals surface area contributed by atoms with Gasteiger partial charge in [0.15, 0.2) is 0 Å². The Morgan fingerprint density at radius 1 is 1.17 bits per heavy atom. The molecule has 2 aromatic carbocycles. The van der Waals surface area contributed by atoms with E-state index in [0.717, 1.165) is 17.0 Å². The summed E-state index contributed by atoms with van der Waals surface area (Å²) in [5.74, 6) is -2.91. The number of H-pyrrole nitrogens is 1. The molecule has 4 rings (SSSR count). The van der Waals surface area contributed by atoms with Crippen molar-refractivity contribution in [2.45, 2.75) is 18.4 Å². The molecule has 2 heterocycles. The van der Waals surface area contributed by atoms with Gasteiger partial charge in [-0.15, -0.1) is 0 Å². The monoisotopic (exact) mass is 399 g/mol. The summed E-state index contributed by atoms with van der Waals surface area (Å²) >= 11 is 0. The van der Waals surface area contributed by atoms with E-state index in [1.54, 1.807) is 12.3 Å². The number of amides is 2. The number of nitrogens with one attached hydrogen (secondary N) is 2. The third-order valence-electron chi connectivity index (χ3n) is 5.14. The van der Waals surface area contributed by atoms with Crippen LogP contribution < -0.4 is 10.2 Å². The quantitative estimate of drug-likeness (QED) is 0.576. The lowest BCUT2D eigenvalue weighted by atomic mass is 10.0. The number of hydrogen-bond donors (Lipinski definition) is 3. The lowest BCUT2D eigenvalue weighted by Crippen LogP contribution is -2.52. The van der Waals surface area contributed by atoms with Gasteiger partial charge in [-0.25, -0.2) is 8.78 Å². The maximum absolute atomic E-state index is 13.2. The predicted octanol–water partition coefficient (Wildman–Crippen LogP) is 2.27. The Morgan fingerprint density at radius 3 is 2.69 bits per heavy atom. The number of aliphatic hydroxyl groups is 1. The third kappa shape index (κ3) is 3.58. The van der Waals surface area contributed by atoms with Crippen LogP contribution in [-0.4, -0.2) is 40.6 Å². The Kier molecular flexibility index (Phi) is 4.79. The molecule has 1 atom stereocenters. The molecule has 1 fully saturated rings. The minimum absolute atomic E-state index is 0.0344. The molecule has 1 aromatic heterocycles. The second-order valence-corrected chi connectivity index (χ2v) is 7.10. The standard InChI is InChI=1S/C21H19F2N3O3/c22-15-9-13(10-16(23)12-15)3-6-25-19(27)21(29)5-8-26(20(21)28)17-1-2-18-14(11-17)4-7-24-18/h1-2,4,7,9-12,24,29H,3,5-6,8H2,(H,25,27)/t21-/m0/s1. The lowest BCUT2D eigenvalue weighted by molar-refractivity contribution is -0.149. The number of hydrogen-bond acceptors (Lipinski definition) is 3. The minimum atomic E-state index is -2.17. The van der Waals surface area contributed by atoms with Crippen molar-refractivity contribution in [2.24, 2.45) is 0 Å². The Hall–Kier alpha value is -3.26. The molecule has 8 heteroatoms. The van der Waals surface area contributed by atoms with Crippen molar-refractivity contribution in [1.82, 2.24) is 10.3 Å². The summed E-state index contributed by atoms with van der Waals surface area (Å²) in [6.07, 6.45) is 1.91. The van der Waals surface area contributed by atoms with Gasteiger partial charge in [-0.1, -0.05) is 0 Å². The molecule has 1 aliphatic heterocycles. The Labute approximate surface area is 165 Å². The molecule has 3 N–H and O–H groups in total. The summed E-state index contributed by atoms with van der Waals surface area (Å²) in [5.41, 5.74) is -0.280. The van der Waals surface area contributed by atoms with Crippen LogP contribution >= 0.6 is 0 Å². The smallest absolute Gasteiger partial charge is 0.268 e. The first kappa shape index (κ1) is 19.1. The Balaban J connectivity index is 1.42. The summed E-state index contributed by atoms with van der Waals surface area (Å²) in [5, 5.41) is 14.1. The topological polar surface area (TPSA) is 85.4 Å². The molecule has 2 amide bonds. The molecule has 0 unspecified atom stereocenters. The number of carbonyl (C=O) groups is 2. The van der Waals surface area contributed by atoms with Gasteiger partial charge in [0, 0.05) is 48.4 Å². The fourth-order valence-electron chi connectivity index (χ4n) is 3.59. The highest BCUT2D eigenvalue weighted by Gasteiger charge is 2.51. The Morgan fingerprint density at radius 2 is 1.93 bits per heavy atom. The highest BCUT2D eigenvalue weighted by Crippen LogP contribution is 2.30. The predicted molar refractivity (Wildman–Crippen MR) is 103 cm³/mol. The van der Waals surface area contributed by atoms with Gasteiger partial charge in [0.25, 0.3) is 11.8 Å². The molecule has 1 saturated heterocycles. The zero-order valence-corrected chi connectivity index (χ0v) is 15.4. The van der Waals surface area contributed by atoms with Gasteiger partial charge < -0.3 is 20.3 Å². The number of carbonyl (C=O) groups excluding carboxylic acids is 2. The number of rotatable bonds is 5. The van der Waals surface area contributed by atoms with E-state index in [0.29, 0.717) is 11.3 Å². The van der Waals surface area contributed by atoms with Crippen molar-refractivity contribution < 1.29 is 23.5 Å². The molecule has 150 valence electrons. The third-order valence-corrected chi connectivity index (χ3v) is 5.14. The molecular weight excluding hydrogens is 380 g/mol. The minimum Gasteiger partial charge on any atom is -0.372 e. The second-order valence-electron chi connectivity index (χ2n) is 7.10. The average Bonchev–Trinajstić information content (AvgIpc) is 3.26. The van der Waals surface area contributed by atoms with E-state index in [9.17, 15) is 23.5 Å². The number of fused-ring (bicyclic) bond motifs is 1. The highest BCUT2D eigenvalue weighted by molar-refractivity contribution is 6.16. The average molecular weight is 399 g/mol. The van der Waals surface area contributed by atoms with E-state index < -0.39 is 29.0 Å². The number of benzene rings is 2. The van der Waals surface area contributed by atoms with Crippen LogP contribution in [-0.2, 0) is 16.0 Å². The lowest BCUT2D eigenvalue weighted by Gasteiger charge is -2.22. The summed E-state index contributed by atoms with van der Waals surface area (Å²) < 4.78 is 26.5. The van der Waals surface area contributed by atoms with Crippen LogP contribution in [0.25, 0.3) is 10.9 Å². The first-order chi connectivity index (χ1) is 13.9. The normalized spacial score (nSPS) is 19.1. The maximum Gasteiger partial charge on any atom is 0.268 e. The fraction of sp³-hybridized carbons (Fsp3) is 0.238. The number of anilines is 1. The molecule has 1 aliphatic rings. The molecule has 0 spiro atoms. The van der Waals surface area contributed by atoms with Crippen LogP contribution in [0.3, 0.4) is 0 Å². The van der Waals surface area contributed by atoms with Crippen LogP contribution in [0.4, 0.5) is 14.5 Å². The van der Waals surface area contributed by atoms with E-state index in [2.05, 4.69) is 10.3 Å². The van der Waals surface area contributed by atoms with Gasteiger partial charge in [-0.3, -0.25) is 9.59 Å². The van der Waals surface area contributed by atoms with Crippen molar-refractivity contribution in [3.63, 3.8) is 0 Å². The SMILES string of the molecule is O=C(NCCc1cc(F)cc(F)c1)[C@@]1(O)CCN(c2ccc3[nH]ccc3c2)C1=O. The van der Waals surface area contributed by atoms with E-state index in [1.165, 1.54) is 17.0 Å². The first-order valence-electron chi connectivity index (χ1n) is 9.21. The molecule has 3 aromatic rings. The van der Waals surface area contributed by atoms with Gasteiger partial charge in [0.05, 0.1) is 0 Å². The molecule has 29 heavy (non-hydrogen) atoms. The van der Waals surface area contributed by atoms with E-state index in [4.69, 9.17) is 0 Å². The zero-order chi connectivity index (χ0) is 20.6. The fourth-order valence-corrected chi connectivity index (χ4v) is 3.59. The summed E-state index contributed by atoms with van der Waals surface area (Å²) in [7, 11) is 0.